The number of urea groups is 1. The Bertz CT molecular complexity index is 657. The number of rotatable bonds is 5. The average Bonchev–Trinajstić information content (AvgIpc) is 3.10. The number of hydrogen-bond donors (Lipinski definition) is 2. The zero-order valence-electron chi connectivity index (χ0n) is 13.2. The van der Waals surface area contributed by atoms with Gasteiger partial charge in [-0.05, 0) is 30.3 Å². The zero-order valence-corrected chi connectivity index (χ0v) is 14.0. The fourth-order valence-electron chi connectivity index (χ4n) is 2.71. The Labute approximate surface area is 145 Å². The van der Waals surface area contributed by atoms with Crippen LogP contribution < -0.4 is 10.6 Å². The molecule has 1 atom stereocenters. The van der Waals surface area contributed by atoms with Crippen molar-refractivity contribution in [2.45, 2.75) is 6.04 Å². The first-order chi connectivity index (χ1) is 11.7. The van der Waals surface area contributed by atoms with Crippen LogP contribution in [0.4, 0.5) is 10.5 Å². The van der Waals surface area contributed by atoms with Gasteiger partial charge in [-0.3, -0.25) is 4.90 Å². The Morgan fingerprint density at radius 3 is 2.79 bits per heavy atom. The lowest BCUT2D eigenvalue weighted by Gasteiger charge is -2.33. The summed E-state index contributed by atoms with van der Waals surface area (Å²) in [6.45, 7) is 3.43. The van der Waals surface area contributed by atoms with E-state index >= 15 is 0 Å². The summed E-state index contributed by atoms with van der Waals surface area (Å²) in [7, 11) is 0. The van der Waals surface area contributed by atoms with Gasteiger partial charge in [0, 0.05) is 30.3 Å². The third-order valence-electron chi connectivity index (χ3n) is 3.90. The van der Waals surface area contributed by atoms with Gasteiger partial charge in [0.15, 0.2) is 0 Å². The quantitative estimate of drug-likeness (QED) is 0.870. The van der Waals surface area contributed by atoms with Crippen LogP contribution in [0.3, 0.4) is 0 Å². The molecule has 1 unspecified atom stereocenters. The van der Waals surface area contributed by atoms with Gasteiger partial charge in [0.1, 0.15) is 5.76 Å². The van der Waals surface area contributed by atoms with Crippen molar-refractivity contribution in [1.82, 2.24) is 10.2 Å². The molecule has 0 bridgehead atoms. The van der Waals surface area contributed by atoms with E-state index in [1.807, 2.05) is 12.1 Å². The predicted octanol–water partition coefficient (Wildman–Crippen LogP) is 3.13. The first-order valence-electron chi connectivity index (χ1n) is 7.88. The van der Waals surface area contributed by atoms with E-state index in [9.17, 15) is 4.79 Å². The first-order valence-corrected chi connectivity index (χ1v) is 8.26. The highest BCUT2D eigenvalue weighted by Gasteiger charge is 2.25. The van der Waals surface area contributed by atoms with E-state index in [4.69, 9.17) is 20.8 Å². The molecule has 24 heavy (non-hydrogen) atoms. The fraction of sp³-hybridized carbons (Fsp3) is 0.353. The minimum atomic E-state index is -0.276. The van der Waals surface area contributed by atoms with Crippen molar-refractivity contribution in [3.63, 3.8) is 0 Å². The Kier molecular flexibility index (Phi) is 5.74. The van der Waals surface area contributed by atoms with E-state index in [2.05, 4.69) is 15.5 Å². The SMILES string of the molecule is O=C(NCC(c1ccco1)N1CCOCC1)Nc1cccc(Cl)c1. The number of ether oxygens (including phenoxy) is 1. The molecular formula is C17H20ClN3O3. The predicted molar refractivity (Wildman–Crippen MR) is 92.3 cm³/mol. The molecule has 0 aliphatic carbocycles. The summed E-state index contributed by atoms with van der Waals surface area (Å²) in [6.07, 6.45) is 1.65. The Hall–Kier alpha value is -2.02. The summed E-state index contributed by atoms with van der Waals surface area (Å²) in [5.41, 5.74) is 0.654. The summed E-state index contributed by atoms with van der Waals surface area (Å²) in [6, 6.07) is 10.5. The summed E-state index contributed by atoms with van der Waals surface area (Å²) in [5, 5.41) is 6.26. The monoisotopic (exact) mass is 349 g/mol. The maximum atomic E-state index is 12.1. The normalized spacial score (nSPS) is 16.5. The van der Waals surface area contributed by atoms with E-state index in [0.29, 0.717) is 30.5 Å². The van der Waals surface area contributed by atoms with Gasteiger partial charge in [0.05, 0.1) is 25.5 Å². The molecule has 1 aliphatic rings. The molecule has 1 aliphatic heterocycles. The molecule has 2 heterocycles. The maximum absolute atomic E-state index is 12.1. The highest BCUT2D eigenvalue weighted by atomic mass is 35.5. The second-order valence-corrected chi connectivity index (χ2v) is 5.96. The number of benzene rings is 1. The number of hydrogen-bond acceptors (Lipinski definition) is 4. The van der Waals surface area contributed by atoms with Crippen molar-refractivity contribution in [3.05, 3.63) is 53.4 Å². The summed E-state index contributed by atoms with van der Waals surface area (Å²) >= 11 is 5.92. The van der Waals surface area contributed by atoms with Crippen LogP contribution in [0.1, 0.15) is 11.8 Å². The van der Waals surface area contributed by atoms with Crippen LogP contribution in [0.2, 0.25) is 5.02 Å². The van der Waals surface area contributed by atoms with Gasteiger partial charge >= 0.3 is 6.03 Å². The topological polar surface area (TPSA) is 66.7 Å². The molecule has 1 aromatic carbocycles. The standard InChI is InChI=1S/C17H20ClN3O3/c18-13-3-1-4-14(11-13)20-17(22)19-12-15(16-5-2-8-24-16)21-6-9-23-10-7-21/h1-5,8,11,15H,6-7,9-10,12H2,(H2,19,20,22). The van der Waals surface area contributed by atoms with Crippen LogP contribution in [0.25, 0.3) is 0 Å². The van der Waals surface area contributed by atoms with Crippen LogP contribution in [0, 0.1) is 0 Å². The van der Waals surface area contributed by atoms with Crippen molar-refractivity contribution in [2.24, 2.45) is 0 Å². The van der Waals surface area contributed by atoms with Gasteiger partial charge in [-0.2, -0.15) is 0 Å². The van der Waals surface area contributed by atoms with E-state index in [1.165, 1.54) is 0 Å². The average molecular weight is 350 g/mol. The lowest BCUT2D eigenvalue weighted by molar-refractivity contribution is 0.0124. The van der Waals surface area contributed by atoms with Crippen LogP contribution in [0.5, 0.6) is 0 Å². The molecule has 2 amide bonds. The van der Waals surface area contributed by atoms with Crippen LogP contribution in [-0.2, 0) is 4.74 Å². The number of amides is 2. The number of nitrogens with one attached hydrogen (secondary N) is 2. The van der Waals surface area contributed by atoms with E-state index in [1.54, 1.807) is 30.5 Å². The van der Waals surface area contributed by atoms with Gasteiger partial charge < -0.3 is 19.8 Å². The van der Waals surface area contributed by atoms with Crippen molar-refractivity contribution < 1.29 is 13.9 Å². The van der Waals surface area contributed by atoms with Crippen molar-refractivity contribution in [3.8, 4) is 0 Å². The summed E-state index contributed by atoms with van der Waals surface area (Å²) in [5.74, 6) is 0.833. The molecule has 1 aromatic heterocycles. The van der Waals surface area contributed by atoms with Gasteiger partial charge in [-0.15, -0.1) is 0 Å². The molecule has 6 nitrogen and oxygen atoms in total. The van der Waals surface area contributed by atoms with Crippen molar-refractivity contribution >= 4 is 23.3 Å². The second kappa shape index (κ2) is 8.19. The molecule has 0 spiro atoms. The lowest BCUT2D eigenvalue weighted by atomic mass is 10.1. The number of carbonyl (C=O) groups excluding carboxylic acids is 1. The van der Waals surface area contributed by atoms with Gasteiger partial charge in [0.2, 0.25) is 0 Å². The number of nitrogens with zero attached hydrogens (tertiary/aromatic N) is 1. The minimum Gasteiger partial charge on any atom is -0.468 e. The molecule has 0 saturated carbocycles. The third-order valence-corrected chi connectivity index (χ3v) is 4.13. The highest BCUT2D eigenvalue weighted by molar-refractivity contribution is 6.30. The van der Waals surface area contributed by atoms with Crippen molar-refractivity contribution in [1.29, 1.82) is 0 Å². The van der Waals surface area contributed by atoms with Gasteiger partial charge in [0.25, 0.3) is 0 Å². The van der Waals surface area contributed by atoms with Crippen molar-refractivity contribution in [2.75, 3.05) is 38.2 Å². The molecule has 7 heteroatoms. The smallest absolute Gasteiger partial charge is 0.319 e. The Morgan fingerprint density at radius 2 is 2.08 bits per heavy atom. The van der Waals surface area contributed by atoms with Gasteiger partial charge in [-0.1, -0.05) is 17.7 Å². The van der Waals surface area contributed by atoms with E-state index in [0.717, 1.165) is 18.8 Å². The zero-order chi connectivity index (χ0) is 16.8. The fourth-order valence-corrected chi connectivity index (χ4v) is 2.90. The molecule has 1 fully saturated rings. The van der Waals surface area contributed by atoms with Crippen LogP contribution in [-0.4, -0.2) is 43.8 Å². The second-order valence-electron chi connectivity index (χ2n) is 5.52. The molecule has 3 rings (SSSR count). The number of carbonyl (C=O) groups is 1. The Balaban J connectivity index is 1.59. The summed E-state index contributed by atoms with van der Waals surface area (Å²) < 4.78 is 10.9. The van der Waals surface area contributed by atoms with E-state index in [-0.39, 0.29) is 12.1 Å². The minimum absolute atomic E-state index is 0.0194. The molecule has 0 radical (unpaired) electrons. The maximum Gasteiger partial charge on any atom is 0.319 e. The molecule has 1 saturated heterocycles. The third kappa shape index (κ3) is 4.50. The number of morpholine rings is 1. The first kappa shape index (κ1) is 16.8. The summed E-state index contributed by atoms with van der Waals surface area (Å²) in [4.78, 5) is 14.4. The lowest BCUT2D eigenvalue weighted by Crippen LogP contribution is -2.44. The molecular weight excluding hydrogens is 330 g/mol. The van der Waals surface area contributed by atoms with Crippen LogP contribution in [0.15, 0.2) is 47.1 Å². The van der Waals surface area contributed by atoms with Crippen LogP contribution >= 0.6 is 11.6 Å². The molecule has 128 valence electrons. The largest absolute Gasteiger partial charge is 0.468 e. The van der Waals surface area contributed by atoms with E-state index < -0.39 is 0 Å². The molecule has 2 aromatic rings. The number of anilines is 1. The number of furan rings is 1. The Morgan fingerprint density at radius 1 is 1.25 bits per heavy atom. The highest BCUT2D eigenvalue weighted by Crippen LogP contribution is 2.22. The molecule has 2 N–H and O–H groups in total. The van der Waals surface area contributed by atoms with Gasteiger partial charge in [-0.25, -0.2) is 4.79 Å². The number of halogens is 1.